The molecule has 1 heterocycles. The van der Waals surface area contributed by atoms with Gasteiger partial charge in [0.25, 0.3) is 0 Å². The fourth-order valence-corrected chi connectivity index (χ4v) is 2.99. The molecule has 3 heteroatoms. The fraction of sp³-hybridized carbons (Fsp3) is 0.562. The van der Waals surface area contributed by atoms with Crippen molar-refractivity contribution in [2.24, 2.45) is 5.41 Å². The molecule has 2 nitrogen and oxygen atoms in total. The summed E-state index contributed by atoms with van der Waals surface area (Å²) in [6.45, 7) is 8.37. The Balaban J connectivity index is 2.64. The number of hydrogen-bond acceptors (Lipinski definition) is 1. The van der Waals surface area contributed by atoms with E-state index in [1.807, 2.05) is 27.0 Å². The van der Waals surface area contributed by atoms with Gasteiger partial charge in [0.2, 0.25) is 5.91 Å². The fourth-order valence-electron chi connectivity index (χ4n) is 2.77. The Kier molecular flexibility index (Phi) is 3.42. The highest BCUT2D eigenvalue weighted by Gasteiger charge is 2.50. The first-order valence-corrected chi connectivity index (χ1v) is 7.24. The van der Waals surface area contributed by atoms with Crippen LogP contribution in [0.2, 0.25) is 0 Å². The van der Waals surface area contributed by atoms with Crippen molar-refractivity contribution in [2.45, 2.75) is 39.5 Å². The quantitative estimate of drug-likeness (QED) is 0.755. The molecule has 1 aromatic carbocycles. The molecule has 1 aromatic rings. The van der Waals surface area contributed by atoms with E-state index in [0.29, 0.717) is 5.88 Å². The largest absolute Gasteiger partial charge is 0.315 e. The van der Waals surface area contributed by atoms with E-state index in [0.717, 1.165) is 12.1 Å². The summed E-state index contributed by atoms with van der Waals surface area (Å²) in [5.41, 5.74) is 2.90. The molecule has 19 heavy (non-hydrogen) atoms. The number of benzene rings is 1. The van der Waals surface area contributed by atoms with E-state index in [1.165, 1.54) is 11.1 Å². The first-order chi connectivity index (χ1) is 8.73. The molecule has 0 saturated heterocycles. The topological polar surface area (TPSA) is 20.3 Å². The second kappa shape index (κ2) is 4.52. The molecule has 104 valence electrons. The van der Waals surface area contributed by atoms with Crippen molar-refractivity contribution in [3.05, 3.63) is 29.3 Å². The number of nitrogens with zero attached hydrogens (tertiary/aromatic N) is 1. The number of anilines is 1. The van der Waals surface area contributed by atoms with Crippen LogP contribution in [0, 0.1) is 5.41 Å². The van der Waals surface area contributed by atoms with Gasteiger partial charge < -0.3 is 4.90 Å². The third-order valence-corrected chi connectivity index (χ3v) is 5.07. The number of aryl methyl sites for hydroxylation is 1. The summed E-state index contributed by atoms with van der Waals surface area (Å²) in [6, 6.07) is 6.33. The first kappa shape index (κ1) is 14.4. The van der Waals surface area contributed by atoms with Gasteiger partial charge in [0.15, 0.2) is 0 Å². The predicted octanol–water partition coefficient (Wildman–Crippen LogP) is 3.75. The molecule has 0 aromatic heterocycles. The molecule has 0 N–H and O–H groups in total. The lowest BCUT2D eigenvalue weighted by Gasteiger charge is -2.48. The number of carbonyl (C=O) groups is 1. The summed E-state index contributed by atoms with van der Waals surface area (Å²) in [4.78, 5) is 14.3. The Morgan fingerprint density at radius 3 is 2.37 bits per heavy atom. The molecule has 0 atom stereocenters. The van der Waals surface area contributed by atoms with Gasteiger partial charge in [-0.2, -0.15) is 0 Å². The van der Waals surface area contributed by atoms with Crippen LogP contribution in [0.5, 0.6) is 0 Å². The Labute approximate surface area is 120 Å². The van der Waals surface area contributed by atoms with Crippen LogP contribution in [0.4, 0.5) is 5.69 Å². The van der Waals surface area contributed by atoms with Crippen molar-refractivity contribution in [2.75, 3.05) is 17.8 Å². The van der Waals surface area contributed by atoms with Gasteiger partial charge >= 0.3 is 0 Å². The third kappa shape index (κ3) is 1.97. The molecule has 0 saturated carbocycles. The zero-order valence-corrected chi connectivity index (χ0v) is 13.1. The lowest BCUT2D eigenvalue weighted by molar-refractivity contribution is -0.130. The van der Waals surface area contributed by atoms with Crippen LogP contribution in [0.25, 0.3) is 0 Å². The Hall–Kier alpha value is -1.02. The molecular formula is C16H22ClNO. The average molecular weight is 280 g/mol. The van der Waals surface area contributed by atoms with Crippen molar-refractivity contribution >= 4 is 23.2 Å². The zero-order chi connectivity index (χ0) is 14.4. The van der Waals surface area contributed by atoms with Crippen molar-refractivity contribution in [1.82, 2.24) is 0 Å². The van der Waals surface area contributed by atoms with Gasteiger partial charge in [0.1, 0.15) is 0 Å². The first-order valence-electron chi connectivity index (χ1n) is 6.71. The van der Waals surface area contributed by atoms with Crippen molar-refractivity contribution < 1.29 is 4.79 Å². The second-order valence-electron chi connectivity index (χ2n) is 6.40. The summed E-state index contributed by atoms with van der Waals surface area (Å²) >= 11 is 5.83. The molecule has 0 aliphatic carbocycles. The van der Waals surface area contributed by atoms with E-state index in [4.69, 9.17) is 11.6 Å². The van der Waals surface area contributed by atoms with Gasteiger partial charge in [0.05, 0.1) is 5.41 Å². The van der Waals surface area contributed by atoms with E-state index >= 15 is 0 Å². The van der Waals surface area contributed by atoms with Crippen LogP contribution < -0.4 is 4.90 Å². The molecular weight excluding hydrogens is 258 g/mol. The molecule has 0 bridgehead atoms. The van der Waals surface area contributed by atoms with Crippen molar-refractivity contribution in [3.63, 3.8) is 0 Å². The van der Waals surface area contributed by atoms with Crippen LogP contribution >= 0.6 is 11.6 Å². The van der Waals surface area contributed by atoms with Gasteiger partial charge in [-0.1, -0.05) is 39.8 Å². The predicted molar refractivity (Wildman–Crippen MR) is 81.1 cm³/mol. The number of amides is 1. The van der Waals surface area contributed by atoms with E-state index < -0.39 is 5.41 Å². The summed E-state index contributed by atoms with van der Waals surface area (Å²) in [5, 5.41) is 0. The molecule has 1 aliphatic heterocycles. The minimum absolute atomic E-state index is 0.176. The van der Waals surface area contributed by atoms with Crippen LogP contribution in [0.1, 0.15) is 38.8 Å². The van der Waals surface area contributed by atoms with E-state index in [9.17, 15) is 4.79 Å². The molecule has 0 radical (unpaired) electrons. The average Bonchev–Trinajstić information content (AvgIpc) is 2.35. The minimum atomic E-state index is -0.408. The highest BCUT2D eigenvalue weighted by atomic mass is 35.5. The Morgan fingerprint density at radius 2 is 1.79 bits per heavy atom. The smallest absolute Gasteiger partial charge is 0.233 e. The minimum Gasteiger partial charge on any atom is -0.315 e. The second-order valence-corrected chi connectivity index (χ2v) is 6.78. The van der Waals surface area contributed by atoms with Gasteiger partial charge in [-0.05, 0) is 23.6 Å². The van der Waals surface area contributed by atoms with Gasteiger partial charge in [-0.25, -0.2) is 0 Å². The zero-order valence-electron chi connectivity index (χ0n) is 12.4. The number of carbonyl (C=O) groups excluding carboxylic acids is 1. The summed E-state index contributed by atoms with van der Waals surface area (Å²) in [7, 11) is 1.86. The summed E-state index contributed by atoms with van der Waals surface area (Å²) < 4.78 is 0. The molecule has 1 aliphatic rings. The molecule has 2 rings (SSSR count). The number of fused-ring (bicyclic) bond motifs is 1. The number of halogens is 1. The van der Waals surface area contributed by atoms with Gasteiger partial charge in [-0.15, -0.1) is 11.6 Å². The maximum absolute atomic E-state index is 12.5. The Morgan fingerprint density at radius 1 is 1.16 bits per heavy atom. The SMILES string of the molecule is CN1C(=O)C(C)(C)C(C)(C)c2cc(CCCl)ccc21. The number of rotatable bonds is 2. The van der Waals surface area contributed by atoms with Crippen LogP contribution in [0.3, 0.4) is 0 Å². The van der Waals surface area contributed by atoms with E-state index in [1.54, 1.807) is 4.90 Å². The lowest BCUT2D eigenvalue weighted by atomic mass is 9.60. The summed E-state index contributed by atoms with van der Waals surface area (Å²) in [6.07, 6.45) is 0.864. The molecule has 0 fully saturated rings. The highest BCUT2D eigenvalue weighted by molar-refractivity contribution is 6.18. The van der Waals surface area contributed by atoms with E-state index in [2.05, 4.69) is 26.0 Å². The van der Waals surface area contributed by atoms with E-state index in [-0.39, 0.29) is 11.3 Å². The van der Waals surface area contributed by atoms with Crippen LogP contribution in [-0.2, 0) is 16.6 Å². The third-order valence-electron chi connectivity index (χ3n) is 4.88. The summed E-state index contributed by atoms with van der Waals surface area (Å²) in [5.74, 6) is 0.798. The van der Waals surface area contributed by atoms with Crippen molar-refractivity contribution in [1.29, 1.82) is 0 Å². The van der Waals surface area contributed by atoms with Gasteiger partial charge in [-0.3, -0.25) is 4.79 Å². The lowest BCUT2D eigenvalue weighted by Crippen LogP contribution is -2.54. The standard InChI is InChI=1S/C16H22ClNO/c1-15(2)12-10-11(8-9-17)6-7-13(12)18(5)14(19)16(15,3)4/h6-7,10H,8-9H2,1-5H3. The molecule has 0 spiro atoms. The normalized spacial score (nSPS) is 20.3. The molecule has 1 amide bonds. The van der Waals surface area contributed by atoms with Gasteiger partial charge in [0, 0.05) is 24.0 Å². The number of alkyl halides is 1. The maximum Gasteiger partial charge on any atom is 0.233 e. The monoisotopic (exact) mass is 279 g/mol. The van der Waals surface area contributed by atoms with Crippen LogP contribution in [0.15, 0.2) is 18.2 Å². The highest BCUT2D eigenvalue weighted by Crippen LogP contribution is 2.50. The Bertz CT molecular complexity index is 519. The van der Waals surface area contributed by atoms with Crippen LogP contribution in [-0.4, -0.2) is 18.8 Å². The van der Waals surface area contributed by atoms with Crippen molar-refractivity contribution in [3.8, 4) is 0 Å². The number of hydrogen-bond donors (Lipinski definition) is 0. The molecule has 0 unspecified atom stereocenters. The maximum atomic E-state index is 12.5.